The molecule has 1 fully saturated rings. The SMILES string of the molecule is O=C(Nc1cccc(OCc2ccccc2)n1)C1CCCN1C(=O)OCc1ccccc1. The molecule has 0 radical (unpaired) electrons. The number of rotatable bonds is 7. The van der Waals surface area contributed by atoms with Gasteiger partial charge in [0, 0.05) is 12.6 Å². The Morgan fingerprint density at radius 2 is 1.59 bits per heavy atom. The molecule has 2 heterocycles. The lowest BCUT2D eigenvalue weighted by Crippen LogP contribution is -2.43. The summed E-state index contributed by atoms with van der Waals surface area (Å²) in [6, 6.07) is 23.8. The molecule has 164 valence electrons. The summed E-state index contributed by atoms with van der Waals surface area (Å²) in [5.41, 5.74) is 1.93. The van der Waals surface area contributed by atoms with Gasteiger partial charge in [0.15, 0.2) is 0 Å². The summed E-state index contributed by atoms with van der Waals surface area (Å²) in [5.74, 6) is 0.508. The van der Waals surface area contributed by atoms with Gasteiger partial charge in [-0.15, -0.1) is 0 Å². The molecule has 1 aliphatic rings. The maximum atomic E-state index is 12.9. The lowest BCUT2D eigenvalue weighted by atomic mass is 10.2. The Labute approximate surface area is 187 Å². The second-order valence-corrected chi connectivity index (χ2v) is 7.52. The van der Waals surface area contributed by atoms with Gasteiger partial charge < -0.3 is 14.8 Å². The molecule has 3 aromatic rings. The molecule has 1 saturated heterocycles. The number of likely N-dealkylation sites (tertiary alicyclic amines) is 1. The van der Waals surface area contributed by atoms with Crippen LogP contribution in [0.2, 0.25) is 0 Å². The van der Waals surface area contributed by atoms with Crippen molar-refractivity contribution in [2.45, 2.75) is 32.1 Å². The zero-order valence-electron chi connectivity index (χ0n) is 17.6. The molecule has 0 saturated carbocycles. The fraction of sp³-hybridized carbons (Fsp3) is 0.240. The van der Waals surface area contributed by atoms with Crippen LogP contribution in [0.15, 0.2) is 78.9 Å². The van der Waals surface area contributed by atoms with Crippen LogP contribution in [0.25, 0.3) is 0 Å². The first-order valence-corrected chi connectivity index (χ1v) is 10.6. The average Bonchev–Trinajstić information content (AvgIpc) is 3.33. The smallest absolute Gasteiger partial charge is 0.410 e. The Balaban J connectivity index is 1.32. The van der Waals surface area contributed by atoms with Gasteiger partial charge in [0.05, 0.1) is 0 Å². The highest BCUT2D eigenvalue weighted by Gasteiger charge is 2.35. The van der Waals surface area contributed by atoms with Crippen molar-refractivity contribution in [2.24, 2.45) is 0 Å². The Bertz CT molecular complexity index is 1040. The predicted octanol–water partition coefficient (Wildman–Crippen LogP) is 4.40. The van der Waals surface area contributed by atoms with Gasteiger partial charge in [0.25, 0.3) is 0 Å². The van der Waals surface area contributed by atoms with Gasteiger partial charge in [0.1, 0.15) is 25.1 Å². The lowest BCUT2D eigenvalue weighted by molar-refractivity contribution is -0.120. The summed E-state index contributed by atoms with van der Waals surface area (Å²) >= 11 is 0. The topological polar surface area (TPSA) is 80.8 Å². The number of carbonyl (C=O) groups excluding carboxylic acids is 2. The Morgan fingerprint density at radius 1 is 0.906 bits per heavy atom. The van der Waals surface area contributed by atoms with Gasteiger partial charge >= 0.3 is 6.09 Å². The summed E-state index contributed by atoms with van der Waals surface area (Å²) in [6.45, 7) is 1.04. The van der Waals surface area contributed by atoms with Crippen molar-refractivity contribution in [3.8, 4) is 5.88 Å². The van der Waals surface area contributed by atoms with Crippen molar-refractivity contribution >= 4 is 17.8 Å². The van der Waals surface area contributed by atoms with Crippen LogP contribution in [0.3, 0.4) is 0 Å². The van der Waals surface area contributed by atoms with Crippen molar-refractivity contribution in [3.05, 3.63) is 90.0 Å². The fourth-order valence-corrected chi connectivity index (χ4v) is 3.57. The predicted molar refractivity (Wildman–Crippen MR) is 120 cm³/mol. The van der Waals surface area contributed by atoms with Gasteiger partial charge in [-0.25, -0.2) is 4.79 Å². The number of aromatic nitrogens is 1. The number of amides is 2. The minimum Gasteiger partial charge on any atom is -0.473 e. The van der Waals surface area contributed by atoms with E-state index in [0.29, 0.717) is 31.3 Å². The minimum absolute atomic E-state index is 0.173. The van der Waals surface area contributed by atoms with Crippen LogP contribution >= 0.6 is 0 Å². The molecular formula is C25H25N3O4. The number of nitrogens with one attached hydrogen (secondary N) is 1. The van der Waals surface area contributed by atoms with Crippen LogP contribution in [0.5, 0.6) is 5.88 Å². The van der Waals surface area contributed by atoms with Gasteiger partial charge in [0.2, 0.25) is 11.8 Å². The highest BCUT2D eigenvalue weighted by Crippen LogP contribution is 2.21. The third-order valence-electron chi connectivity index (χ3n) is 5.20. The van der Waals surface area contributed by atoms with E-state index in [0.717, 1.165) is 17.5 Å². The molecule has 0 spiro atoms. The van der Waals surface area contributed by atoms with E-state index in [1.165, 1.54) is 4.90 Å². The molecule has 1 unspecified atom stereocenters. The van der Waals surface area contributed by atoms with Crippen molar-refractivity contribution in [2.75, 3.05) is 11.9 Å². The van der Waals surface area contributed by atoms with E-state index in [2.05, 4.69) is 10.3 Å². The van der Waals surface area contributed by atoms with Crippen molar-refractivity contribution in [1.82, 2.24) is 9.88 Å². The van der Waals surface area contributed by atoms with Crippen LogP contribution in [0, 0.1) is 0 Å². The first kappa shape index (κ1) is 21.4. The number of hydrogen-bond acceptors (Lipinski definition) is 5. The Morgan fingerprint density at radius 3 is 2.31 bits per heavy atom. The van der Waals surface area contributed by atoms with E-state index in [1.54, 1.807) is 18.2 Å². The third-order valence-corrected chi connectivity index (χ3v) is 5.20. The maximum Gasteiger partial charge on any atom is 0.410 e. The highest BCUT2D eigenvalue weighted by atomic mass is 16.6. The number of anilines is 1. The van der Waals surface area contributed by atoms with Crippen molar-refractivity contribution in [1.29, 1.82) is 0 Å². The van der Waals surface area contributed by atoms with E-state index >= 15 is 0 Å². The Kier molecular flexibility index (Phi) is 6.97. The van der Waals surface area contributed by atoms with Crippen LogP contribution < -0.4 is 10.1 Å². The van der Waals surface area contributed by atoms with Crippen LogP contribution in [0.1, 0.15) is 24.0 Å². The van der Waals surface area contributed by atoms with Crippen molar-refractivity contribution < 1.29 is 19.1 Å². The number of nitrogens with zero attached hydrogens (tertiary/aromatic N) is 2. The molecule has 32 heavy (non-hydrogen) atoms. The van der Waals surface area contributed by atoms with Crippen molar-refractivity contribution in [3.63, 3.8) is 0 Å². The molecule has 0 aliphatic carbocycles. The van der Waals surface area contributed by atoms with E-state index < -0.39 is 12.1 Å². The Hall–Kier alpha value is -3.87. The number of carbonyl (C=O) groups is 2. The third kappa shape index (κ3) is 5.63. The summed E-state index contributed by atoms with van der Waals surface area (Å²) in [5, 5.41) is 2.80. The standard InChI is InChI=1S/C25H25N3O4/c29-24(21-13-8-16-28(21)25(30)32-18-20-11-5-2-6-12-20)27-22-14-7-15-23(26-22)31-17-19-9-3-1-4-10-19/h1-7,9-12,14-15,21H,8,13,16-18H2,(H,26,27,29). The quantitative estimate of drug-likeness (QED) is 0.600. The fourth-order valence-electron chi connectivity index (χ4n) is 3.57. The normalized spacial score (nSPS) is 15.2. The highest BCUT2D eigenvalue weighted by molar-refractivity contribution is 5.96. The molecule has 7 nitrogen and oxygen atoms in total. The molecule has 1 aliphatic heterocycles. The van der Waals surface area contributed by atoms with Gasteiger partial charge in [-0.1, -0.05) is 66.7 Å². The van der Waals surface area contributed by atoms with E-state index in [-0.39, 0.29) is 12.5 Å². The first-order chi connectivity index (χ1) is 15.7. The van der Waals surface area contributed by atoms with E-state index in [9.17, 15) is 9.59 Å². The first-order valence-electron chi connectivity index (χ1n) is 10.6. The minimum atomic E-state index is -0.589. The average molecular weight is 431 g/mol. The summed E-state index contributed by atoms with van der Waals surface area (Å²) in [6.07, 6.45) is 0.835. The number of pyridine rings is 1. The lowest BCUT2D eigenvalue weighted by Gasteiger charge is -2.23. The molecule has 2 amide bonds. The van der Waals surface area contributed by atoms with Crippen LogP contribution in [-0.4, -0.2) is 34.5 Å². The van der Waals surface area contributed by atoms with Gasteiger partial charge in [-0.05, 0) is 30.0 Å². The number of benzene rings is 2. The number of ether oxygens (including phenoxy) is 2. The molecule has 2 aromatic carbocycles. The molecule has 1 N–H and O–H groups in total. The second kappa shape index (κ2) is 10.4. The van der Waals surface area contributed by atoms with E-state index in [4.69, 9.17) is 9.47 Å². The van der Waals surface area contributed by atoms with Gasteiger partial charge in [-0.3, -0.25) is 9.69 Å². The van der Waals surface area contributed by atoms with E-state index in [1.807, 2.05) is 60.7 Å². The van der Waals surface area contributed by atoms with Crippen LogP contribution in [0.4, 0.5) is 10.6 Å². The molecule has 7 heteroatoms. The molecule has 4 rings (SSSR count). The summed E-state index contributed by atoms with van der Waals surface area (Å²) < 4.78 is 11.1. The summed E-state index contributed by atoms with van der Waals surface area (Å²) in [4.78, 5) is 31.2. The molecular weight excluding hydrogens is 406 g/mol. The zero-order valence-corrected chi connectivity index (χ0v) is 17.6. The monoisotopic (exact) mass is 431 g/mol. The largest absolute Gasteiger partial charge is 0.473 e. The maximum absolute atomic E-state index is 12.9. The molecule has 1 aromatic heterocycles. The zero-order chi connectivity index (χ0) is 22.2. The van der Waals surface area contributed by atoms with Gasteiger partial charge in [-0.2, -0.15) is 4.98 Å². The molecule has 1 atom stereocenters. The van der Waals surface area contributed by atoms with Crippen LogP contribution in [-0.2, 0) is 22.7 Å². The second-order valence-electron chi connectivity index (χ2n) is 7.52. The molecule has 0 bridgehead atoms. The number of hydrogen-bond donors (Lipinski definition) is 1. The summed E-state index contributed by atoms with van der Waals surface area (Å²) in [7, 11) is 0.